The first-order valence-electron chi connectivity index (χ1n) is 8.91. The number of nitrogens with one attached hydrogen (secondary N) is 3. The molecule has 2 aromatic carbocycles. The SMILES string of the molecule is CC1=C(C(=O)Nc2ccccc2C(F)(F)F)[C@H](c2cc(C)ccc2C)NC(=O)N1. The van der Waals surface area contributed by atoms with Gasteiger partial charge in [-0.3, -0.25) is 4.79 Å². The molecular weight excluding hydrogens is 383 g/mol. The first kappa shape index (κ1) is 20.4. The van der Waals surface area contributed by atoms with E-state index in [2.05, 4.69) is 16.0 Å². The summed E-state index contributed by atoms with van der Waals surface area (Å²) in [6, 6.07) is 9.09. The van der Waals surface area contributed by atoms with Gasteiger partial charge in [-0.05, 0) is 44.0 Å². The fourth-order valence-corrected chi connectivity index (χ4v) is 3.33. The number of hydrogen-bond acceptors (Lipinski definition) is 2. The monoisotopic (exact) mass is 403 g/mol. The first-order valence-corrected chi connectivity index (χ1v) is 8.91. The average Bonchev–Trinajstić information content (AvgIpc) is 2.62. The third-order valence-electron chi connectivity index (χ3n) is 4.74. The molecule has 2 aromatic rings. The largest absolute Gasteiger partial charge is 0.418 e. The molecule has 3 amide bonds. The Balaban J connectivity index is 2.03. The number of anilines is 1. The van der Waals surface area contributed by atoms with Crippen LogP contribution in [0.5, 0.6) is 0 Å². The van der Waals surface area contributed by atoms with Gasteiger partial charge in [0, 0.05) is 5.70 Å². The Morgan fingerprint density at radius 1 is 1.07 bits per heavy atom. The maximum atomic E-state index is 13.3. The molecule has 8 heteroatoms. The summed E-state index contributed by atoms with van der Waals surface area (Å²) in [5, 5.41) is 7.58. The van der Waals surface area contributed by atoms with Crippen molar-refractivity contribution in [3.05, 3.63) is 76.0 Å². The van der Waals surface area contributed by atoms with Gasteiger partial charge >= 0.3 is 12.2 Å². The zero-order chi connectivity index (χ0) is 21.3. The molecule has 0 saturated heterocycles. The first-order chi connectivity index (χ1) is 13.6. The Bertz CT molecular complexity index is 1010. The fourth-order valence-electron chi connectivity index (χ4n) is 3.33. The number of hydrogen-bond donors (Lipinski definition) is 3. The lowest BCUT2D eigenvalue weighted by molar-refractivity contribution is -0.137. The number of urea groups is 1. The lowest BCUT2D eigenvalue weighted by Crippen LogP contribution is -2.46. The van der Waals surface area contributed by atoms with E-state index in [1.54, 1.807) is 6.92 Å². The molecule has 3 rings (SSSR count). The van der Waals surface area contributed by atoms with Crippen molar-refractivity contribution in [1.82, 2.24) is 10.6 Å². The predicted molar refractivity (Wildman–Crippen MR) is 103 cm³/mol. The van der Waals surface area contributed by atoms with Crippen LogP contribution < -0.4 is 16.0 Å². The van der Waals surface area contributed by atoms with Crippen LogP contribution in [-0.2, 0) is 11.0 Å². The molecule has 152 valence electrons. The van der Waals surface area contributed by atoms with Crippen LogP contribution in [0.1, 0.15) is 35.2 Å². The Kier molecular flexibility index (Phi) is 5.37. The van der Waals surface area contributed by atoms with Crippen LogP contribution in [-0.4, -0.2) is 11.9 Å². The molecule has 1 atom stereocenters. The van der Waals surface area contributed by atoms with Gasteiger partial charge < -0.3 is 16.0 Å². The second-order valence-corrected chi connectivity index (χ2v) is 6.93. The van der Waals surface area contributed by atoms with Crippen molar-refractivity contribution >= 4 is 17.6 Å². The van der Waals surface area contributed by atoms with Crippen LogP contribution in [0.25, 0.3) is 0 Å². The number of aryl methyl sites for hydroxylation is 2. The van der Waals surface area contributed by atoms with Gasteiger partial charge in [0.25, 0.3) is 5.91 Å². The van der Waals surface area contributed by atoms with Gasteiger partial charge in [0.2, 0.25) is 0 Å². The molecule has 0 saturated carbocycles. The fraction of sp³-hybridized carbons (Fsp3) is 0.238. The van der Waals surface area contributed by atoms with E-state index in [-0.39, 0.29) is 17.0 Å². The van der Waals surface area contributed by atoms with Gasteiger partial charge in [0.05, 0.1) is 22.9 Å². The van der Waals surface area contributed by atoms with Crippen molar-refractivity contribution in [2.45, 2.75) is 33.0 Å². The number of para-hydroxylation sites is 1. The minimum absolute atomic E-state index is 0.148. The number of benzene rings is 2. The summed E-state index contributed by atoms with van der Waals surface area (Å²) < 4.78 is 39.8. The molecule has 1 heterocycles. The summed E-state index contributed by atoms with van der Waals surface area (Å²) in [7, 11) is 0. The summed E-state index contributed by atoms with van der Waals surface area (Å²) in [6.45, 7) is 5.26. The van der Waals surface area contributed by atoms with Crippen molar-refractivity contribution in [2.75, 3.05) is 5.32 Å². The predicted octanol–water partition coefficient (Wildman–Crippen LogP) is 4.59. The summed E-state index contributed by atoms with van der Waals surface area (Å²) in [4.78, 5) is 25.0. The Morgan fingerprint density at radius 3 is 2.45 bits per heavy atom. The zero-order valence-corrected chi connectivity index (χ0v) is 16.1. The van der Waals surface area contributed by atoms with E-state index in [4.69, 9.17) is 0 Å². The van der Waals surface area contributed by atoms with Gasteiger partial charge in [-0.15, -0.1) is 0 Å². The Hall–Kier alpha value is -3.29. The minimum Gasteiger partial charge on any atom is -0.327 e. The summed E-state index contributed by atoms with van der Waals surface area (Å²) in [5.74, 6) is -0.724. The molecule has 1 aliphatic heterocycles. The lowest BCUT2D eigenvalue weighted by atomic mass is 9.90. The highest BCUT2D eigenvalue weighted by molar-refractivity contribution is 6.07. The van der Waals surface area contributed by atoms with E-state index in [9.17, 15) is 22.8 Å². The van der Waals surface area contributed by atoms with Crippen LogP contribution in [0.2, 0.25) is 0 Å². The van der Waals surface area contributed by atoms with Crippen molar-refractivity contribution in [3.8, 4) is 0 Å². The van der Waals surface area contributed by atoms with Crippen LogP contribution in [0, 0.1) is 13.8 Å². The Morgan fingerprint density at radius 2 is 1.76 bits per heavy atom. The molecule has 0 spiro atoms. The van der Waals surface area contributed by atoms with E-state index in [0.29, 0.717) is 5.56 Å². The maximum absolute atomic E-state index is 13.3. The second-order valence-electron chi connectivity index (χ2n) is 6.93. The van der Waals surface area contributed by atoms with Crippen LogP contribution in [0.4, 0.5) is 23.7 Å². The third kappa shape index (κ3) is 4.26. The molecule has 0 unspecified atom stereocenters. The van der Waals surface area contributed by atoms with Crippen molar-refractivity contribution in [3.63, 3.8) is 0 Å². The molecule has 0 aliphatic carbocycles. The van der Waals surface area contributed by atoms with Crippen molar-refractivity contribution < 1.29 is 22.8 Å². The number of amides is 3. The quantitative estimate of drug-likeness (QED) is 0.702. The number of carbonyl (C=O) groups excluding carboxylic acids is 2. The van der Waals surface area contributed by atoms with Crippen LogP contribution in [0.3, 0.4) is 0 Å². The molecule has 0 radical (unpaired) electrons. The number of carbonyl (C=O) groups is 2. The molecule has 29 heavy (non-hydrogen) atoms. The van der Waals surface area contributed by atoms with Crippen LogP contribution >= 0.6 is 0 Å². The average molecular weight is 403 g/mol. The highest BCUT2D eigenvalue weighted by atomic mass is 19.4. The van der Waals surface area contributed by atoms with E-state index in [1.165, 1.54) is 18.2 Å². The highest BCUT2D eigenvalue weighted by Gasteiger charge is 2.36. The topological polar surface area (TPSA) is 70.2 Å². The second kappa shape index (κ2) is 7.62. The summed E-state index contributed by atoms with van der Waals surface area (Å²) >= 11 is 0. The standard InChI is InChI=1S/C21H20F3N3O2/c1-11-8-9-12(2)14(10-11)18-17(13(3)25-20(29)27-18)19(28)26-16-7-5-4-6-15(16)21(22,23)24/h4-10,18H,1-3H3,(H,26,28)(H2,25,27,29)/t18-/m0/s1. The number of allylic oxidation sites excluding steroid dienone is 1. The van der Waals surface area contributed by atoms with Gasteiger partial charge in [0.15, 0.2) is 0 Å². The number of rotatable bonds is 3. The third-order valence-corrected chi connectivity index (χ3v) is 4.74. The van der Waals surface area contributed by atoms with Crippen molar-refractivity contribution in [2.24, 2.45) is 0 Å². The normalized spacial score (nSPS) is 16.9. The van der Waals surface area contributed by atoms with E-state index in [0.717, 1.165) is 17.2 Å². The molecule has 0 fully saturated rings. The molecular formula is C21H20F3N3O2. The van der Waals surface area contributed by atoms with E-state index >= 15 is 0 Å². The lowest BCUT2D eigenvalue weighted by Gasteiger charge is -2.30. The van der Waals surface area contributed by atoms with Crippen LogP contribution in [0.15, 0.2) is 53.7 Å². The van der Waals surface area contributed by atoms with E-state index in [1.807, 2.05) is 32.0 Å². The highest BCUT2D eigenvalue weighted by Crippen LogP contribution is 2.36. The molecule has 0 aromatic heterocycles. The maximum Gasteiger partial charge on any atom is 0.418 e. The summed E-state index contributed by atoms with van der Waals surface area (Å²) in [6.07, 6.45) is -4.61. The number of alkyl halides is 3. The zero-order valence-electron chi connectivity index (χ0n) is 16.1. The van der Waals surface area contributed by atoms with Gasteiger partial charge in [-0.25, -0.2) is 4.79 Å². The molecule has 3 N–H and O–H groups in total. The molecule has 0 bridgehead atoms. The molecule has 1 aliphatic rings. The minimum atomic E-state index is -4.61. The van der Waals surface area contributed by atoms with Gasteiger partial charge in [-0.2, -0.15) is 13.2 Å². The Labute approximate surface area is 166 Å². The summed E-state index contributed by atoms with van der Waals surface area (Å²) in [5.41, 5.74) is 1.62. The molecule has 5 nitrogen and oxygen atoms in total. The van der Waals surface area contributed by atoms with E-state index < -0.39 is 29.7 Å². The number of halogens is 3. The van der Waals surface area contributed by atoms with Gasteiger partial charge in [0.1, 0.15) is 0 Å². The smallest absolute Gasteiger partial charge is 0.327 e. The van der Waals surface area contributed by atoms with Gasteiger partial charge in [-0.1, -0.05) is 35.9 Å². The van der Waals surface area contributed by atoms with Crippen molar-refractivity contribution in [1.29, 1.82) is 0 Å².